The molecule has 0 aliphatic carbocycles. The van der Waals surface area contributed by atoms with Crippen LogP contribution < -0.4 is 5.43 Å². The SMILES string of the molecule is CN1CCN(NC(=O)CSCC(=O)O)CC1. The van der Waals surface area contributed by atoms with Gasteiger partial charge in [0, 0.05) is 26.2 Å². The lowest BCUT2D eigenvalue weighted by atomic mass is 10.4. The zero-order chi connectivity index (χ0) is 12.0. The molecule has 1 aliphatic heterocycles. The summed E-state index contributed by atoms with van der Waals surface area (Å²) in [6.07, 6.45) is 0. The Morgan fingerprint density at radius 3 is 2.44 bits per heavy atom. The monoisotopic (exact) mass is 247 g/mol. The van der Waals surface area contributed by atoms with Crippen LogP contribution in [0.1, 0.15) is 0 Å². The van der Waals surface area contributed by atoms with Gasteiger partial charge in [-0.3, -0.25) is 15.0 Å². The fourth-order valence-corrected chi connectivity index (χ4v) is 1.88. The summed E-state index contributed by atoms with van der Waals surface area (Å²) in [6.45, 7) is 3.49. The van der Waals surface area contributed by atoms with Crippen LogP contribution in [0.4, 0.5) is 0 Å². The Balaban J connectivity index is 2.11. The molecule has 0 bridgehead atoms. The Morgan fingerprint density at radius 1 is 1.25 bits per heavy atom. The first-order chi connectivity index (χ1) is 7.58. The van der Waals surface area contributed by atoms with Crippen molar-refractivity contribution in [1.29, 1.82) is 0 Å². The highest BCUT2D eigenvalue weighted by atomic mass is 32.2. The minimum atomic E-state index is -0.891. The van der Waals surface area contributed by atoms with Crippen LogP contribution in [0.15, 0.2) is 0 Å². The van der Waals surface area contributed by atoms with Crippen molar-refractivity contribution in [1.82, 2.24) is 15.3 Å². The number of hydrogen-bond acceptors (Lipinski definition) is 5. The van der Waals surface area contributed by atoms with Crippen LogP contribution in [0.3, 0.4) is 0 Å². The number of aliphatic carboxylic acids is 1. The number of carboxylic acids is 1. The second-order valence-electron chi connectivity index (χ2n) is 3.71. The number of likely N-dealkylation sites (N-methyl/N-ethyl adjacent to an activating group) is 1. The molecule has 2 N–H and O–H groups in total. The van der Waals surface area contributed by atoms with Crippen LogP contribution in [-0.2, 0) is 9.59 Å². The van der Waals surface area contributed by atoms with Crippen molar-refractivity contribution in [3.8, 4) is 0 Å². The van der Waals surface area contributed by atoms with E-state index in [1.165, 1.54) is 0 Å². The Kier molecular flexibility index (Phi) is 5.58. The number of nitrogens with zero attached hydrogens (tertiary/aromatic N) is 2. The van der Waals surface area contributed by atoms with Gasteiger partial charge in [0.05, 0.1) is 11.5 Å². The lowest BCUT2D eigenvalue weighted by molar-refractivity contribution is -0.133. The number of hydrogen-bond donors (Lipinski definition) is 2. The number of hydrazine groups is 1. The van der Waals surface area contributed by atoms with Crippen LogP contribution in [0.5, 0.6) is 0 Å². The van der Waals surface area contributed by atoms with Gasteiger partial charge in [-0.25, -0.2) is 5.01 Å². The van der Waals surface area contributed by atoms with Gasteiger partial charge >= 0.3 is 5.97 Å². The topological polar surface area (TPSA) is 72.9 Å². The molecule has 0 unspecified atom stereocenters. The van der Waals surface area contributed by atoms with E-state index < -0.39 is 5.97 Å². The van der Waals surface area contributed by atoms with E-state index in [1.807, 2.05) is 12.1 Å². The average molecular weight is 247 g/mol. The number of thioether (sulfide) groups is 1. The van der Waals surface area contributed by atoms with E-state index in [0.717, 1.165) is 37.9 Å². The summed E-state index contributed by atoms with van der Waals surface area (Å²) in [7, 11) is 2.04. The molecule has 1 aliphatic rings. The molecule has 0 radical (unpaired) electrons. The number of carbonyl (C=O) groups excluding carboxylic acids is 1. The van der Waals surface area contributed by atoms with Crippen LogP contribution in [0.25, 0.3) is 0 Å². The Hall–Kier alpha value is -0.790. The van der Waals surface area contributed by atoms with Gasteiger partial charge in [0.1, 0.15) is 0 Å². The minimum absolute atomic E-state index is 0.0316. The van der Waals surface area contributed by atoms with Crippen molar-refractivity contribution in [3.05, 3.63) is 0 Å². The second kappa shape index (κ2) is 6.72. The molecule has 0 atom stereocenters. The maximum atomic E-state index is 11.4. The van der Waals surface area contributed by atoms with Gasteiger partial charge < -0.3 is 10.0 Å². The second-order valence-corrected chi connectivity index (χ2v) is 4.70. The van der Waals surface area contributed by atoms with E-state index in [1.54, 1.807) is 0 Å². The first-order valence-electron chi connectivity index (χ1n) is 5.10. The third-order valence-corrected chi connectivity index (χ3v) is 3.16. The lowest BCUT2D eigenvalue weighted by Gasteiger charge is -2.32. The van der Waals surface area contributed by atoms with Gasteiger partial charge in [0.15, 0.2) is 0 Å². The summed E-state index contributed by atoms with van der Waals surface area (Å²) >= 11 is 1.11. The highest BCUT2D eigenvalue weighted by Gasteiger charge is 2.15. The summed E-state index contributed by atoms with van der Waals surface area (Å²) in [4.78, 5) is 23.8. The fourth-order valence-electron chi connectivity index (χ4n) is 1.36. The predicted octanol–water partition coefficient (Wildman–Crippen LogP) is -0.917. The Morgan fingerprint density at radius 2 is 1.88 bits per heavy atom. The lowest BCUT2D eigenvalue weighted by Crippen LogP contribution is -2.52. The Labute approximate surface area is 98.9 Å². The molecule has 1 fully saturated rings. The summed E-state index contributed by atoms with van der Waals surface area (Å²) in [6, 6.07) is 0. The van der Waals surface area contributed by atoms with E-state index in [4.69, 9.17) is 5.11 Å². The molecule has 16 heavy (non-hydrogen) atoms. The Bertz CT molecular complexity index is 254. The molecule has 0 saturated carbocycles. The molecule has 1 heterocycles. The van der Waals surface area contributed by atoms with E-state index in [9.17, 15) is 9.59 Å². The van der Waals surface area contributed by atoms with Gasteiger partial charge in [-0.15, -0.1) is 11.8 Å². The number of piperazine rings is 1. The van der Waals surface area contributed by atoms with Gasteiger partial charge in [0.2, 0.25) is 5.91 Å². The zero-order valence-corrected chi connectivity index (χ0v) is 10.1. The van der Waals surface area contributed by atoms with Crippen molar-refractivity contribution in [2.75, 3.05) is 44.7 Å². The highest BCUT2D eigenvalue weighted by Crippen LogP contribution is 2.00. The molecule has 0 spiro atoms. The predicted molar refractivity (Wildman–Crippen MR) is 62.2 cm³/mol. The maximum absolute atomic E-state index is 11.4. The highest BCUT2D eigenvalue weighted by molar-refractivity contribution is 8.00. The largest absolute Gasteiger partial charge is 0.481 e. The summed E-state index contributed by atoms with van der Waals surface area (Å²) in [5.41, 5.74) is 2.77. The normalized spacial score (nSPS) is 18.3. The fraction of sp³-hybridized carbons (Fsp3) is 0.778. The molecule has 1 amide bonds. The van der Waals surface area contributed by atoms with E-state index >= 15 is 0 Å². The van der Waals surface area contributed by atoms with Crippen molar-refractivity contribution >= 4 is 23.6 Å². The first-order valence-corrected chi connectivity index (χ1v) is 6.26. The van der Waals surface area contributed by atoms with Gasteiger partial charge in [0.25, 0.3) is 0 Å². The van der Waals surface area contributed by atoms with Crippen molar-refractivity contribution < 1.29 is 14.7 Å². The van der Waals surface area contributed by atoms with Crippen LogP contribution in [-0.4, -0.2) is 71.6 Å². The number of nitrogens with one attached hydrogen (secondary N) is 1. The first kappa shape index (κ1) is 13.3. The molecule has 6 nitrogen and oxygen atoms in total. The third-order valence-electron chi connectivity index (χ3n) is 2.24. The van der Waals surface area contributed by atoms with E-state index in [-0.39, 0.29) is 17.4 Å². The van der Waals surface area contributed by atoms with E-state index in [2.05, 4.69) is 10.3 Å². The van der Waals surface area contributed by atoms with Crippen molar-refractivity contribution in [3.63, 3.8) is 0 Å². The molecular formula is C9H17N3O3S. The van der Waals surface area contributed by atoms with E-state index in [0.29, 0.717) is 0 Å². The summed E-state index contributed by atoms with van der Waals surface area (Å²) in [5.74, 6) is -0.859. The zero-order valence-electron chi connectivity index (χ0n) is 9.31. The van der Waals surface area contributed by atoms with Gasteiger partial charge in [-0.1, -0.05) is 0 Å². The molecule has 1 rings (SSSR count). The minimum Gasteiger partial charge on any atom is -0.481 e. The third kappa shape index (κ3) is 5.34. The smallest absolute Gasteiger partial charge is 0.313 e. The van der Waals surface area contributed by atoms with Crippen LogP contribution >= 0.6 is 11.8 Å². The average Bonchev–Trinajstić information content (AvgIpc) is 2.21. The number of carboxylic acid groups (broad SMARTS) is 1. The summed E-state index contributed by atoms with van der Waals surface area (Å²) in [5, 5.41) is 10.3. The molecule has 0 aromatic rings. The molecule has 1 saturated heterocycles. The van der Waals surface area contributed by atoms with Crippen molar-refractivity contribution in [2.24, 2.45) is 0 Å². The van der Waals surface area contributed by atoms with Crippen LogP contribution in [0, 0.1) is 0 Å². The van der Waals surface area contributed by atoms with Gasteiger partial charge in [-0.05, 0) is 7.05 Å². The molecular weight excluding hydrogens is 230 g/mol. The molecule has 7 heteroatoms. The number of amides is 1. The maximum Gasteiger partial charge on any atom is 0.313 e. The number of carbonyl (C=O) groups is 2. The van der Waals surface area contributed by atoms with Crippen LogP contribution in [0.2, 0.25) is 0 Å². The van der Waals surface area contributed by atoms with Crippen molar-refractivity contribution in [2.45, 2.75) is 0 Å². The number of rotatable bonds is 5. The molecule has 0 aromatic carbocycles. The van der Waals surface area contributed by atoms with Gasteiger partial charge in [-0.2, -0.15) is 0 Å². The summed E-state index contributed by atoms with van der Waals surface area (Å²) < 4.78 is 0. The molecule has 0 aromatic heterocycles. The molecule has 92 valence electrons. The standard InChI is InChI=1S/C9H17N3O3S/c1-11-2-4-12(5-3-11)10-8(13)6-16-7-9(14)15/h2-7H2,1H3,(H,10,13)(H,14,15). The quantitative estimate of drug-likeness (QED) is 0.655.